The lowest BCUT2D eigenvalue weighted by molar-refractivity contribution is -0.129. The van der Waals surface area contributed by atoms with Crippen LogP contribution in [0.2, 0.25) is 0 Å². The van der Waals surface area contributed by atoms with Crippen molar-refractivity contribution >= 4 is 11.4 Å². The highest BCUT2D eigenvalue weighted by Crippen LogP contribution is 2.36. The van der Waals surface area contributed by atoms with Gasteiger partial charge in [0.05, 0.1) is 30.6 Å². The molecule has 5 rings (SSSR count). The molecular formula is C29H27FN4O3. The molecule has 7 nitrogen and oxygen atoms in total. The molecule has 1 unspecified atom stereocenters. The number of likely N-dealkylation sites (tertiary alicyclic amines) is 1. The summed E-state index contributed by atoms with van der Waals surface area (Å²) in [5.74, 6) is 6.17. The lowest BCUT2D eigenvalue weighted by atomic mass is 10.0. The molecule has 0 bridgehead atoms. The van der Waals surface area contributed by atoms with Crippen LogP contribution in [0.1, 0.15) is 43.7 Å². The molecule has 2 aromatic carbocycles. The van der Waals surface area contributed by atoms with Gasteiger partial charge in [-0.25, -0.2) is 4.98 Å². The number of hydrogen-bond donors (Lipinski definition) is 0. The fraction of sp³-hybridized carbons (Fsp3) is 0.276. The predicted molar refractivity (Wildman–Crippen MR) is 138 cm³/mol. The van der Waals surface area contributed by atoms with Crippen LogP contribution in [-0.2, 0) is 4.79 Å². The van der Waals surface area contributed by atoms with Crippen LogP contribution < -0.4 is 9.47 Å². The third-order valence-corrected chi connectivity index (χ3v) is 6.55. The molecule has 3 heterocycles. The summed E-state index contributed by atoms with van der Waals surface area (Å²) in [6.45, 7) is 4.31. The molecule has 1 fully saturated rings. The van der Waals surface area contributed by atoms with Gasteiger partial charge in [0.25, 0.3) is 5.91 Å². The highest BCUT2D eigenvalue weighted by Gasteiger charge is 2.32. The second-order valence-electron chi connectivity index (χ2n) is 8.87. The van der Waals surface area contributed by atoms with Crippen molar-refractivity contribution in [3.05, 3.63) is 72.2 Å². The Kier molecular flexibility index (Phi) is 6.78. The highest BCUT2D eigenvalue weighted by molar-refractivity contribution is 5.93. The van der Waals surface area contributed by atoms with Crippen molar-refractivity contribution in [3.8, 4) is 40.3 Å². The zero-order valence-corrected chi connectivity index (χ0v) is 21.0. The zero-order valence-electron chi connectivity index (χ0n) is 21.0. The van der Waals surface area contributed by atoms with Gasteiger partial charge in [0.2, 0.25) is 5.82 Å². The average Bonchev–Trinajstić information content (AvgIpc) is 3.31. The number of carbonyl (C=O) groups is 1. The summed E-state index contributed by atoms with van der Waals surface area (Å²) in [4.78, 5) is 24.1. The molecule has 1 aliphatic rings. The number of nitrogens with zero attached hydrogens (tertiary/aromatic N) is 4. The van der Waals surface area contributed by atoms with E-state index < -0.39 is 5.82 Å². The number of fused-ring (bicyclic) bond motifs is 1. The Labute approximate surface area is 214 Å². The van der Waals surface area contributed by atoms with E-state index in [9.17, 15) is 9.18 Å². The van der Waals surface area contributed by atoms with Gasteiger partial charge >= 0.3 is 0 Å². The van der Waals surface area contributed by atoms with Gasteiger partial charge in [-0.1, -0.05) is 12.0 Å². The Balaban J connectivity index is 1.52. The van der Waals surface area contributed by atoms with Crippen molar-refractivity contribution in [2.75, 3.05) is 13.7 Å². The number of benzene rings is 2. The molecule has 8 heteroatoms. The Morgan fingerprint density at radius 2 is 1.89 bits per heavy atom. The second-order valence-corrected chi connectivity index (χ2v) is 8.87. The van der Waals surface area contributed by atoms with E-state index in [1.54, 1.807) is 49.6 Å². The third-order valence-electron chi connectivity index (χ3n) is 6.55. The number of aryl methyl sites for hydroxylation is 1. The van der Waals surface area contributed by atoms with Crippen molar-refractivity contribution in [1.29, 1.82) is 0 Å². The molecule has 4 aromatic rings. The maximum Gasteiger partial charge on any atom is 0.299 e. The fourth-order valence-corrected chi connectivity index (χ4v) is 4.81. The SMILES string of the molecule is CC#CC(=O)N1CCCCC1c1nc(-c2ccc(Oc3cccc(OC)c3F)cc2)c2cncc(C)n12. The van der Waals surface area contributed by atoms with Gasteiger partial charge < -0.3 is 14.4 Å². The number of hydrogen-bond acceptors (Lipinski definition) is 5. The first-order valence-electron chi connectivity index (χ1n) is 12.2. The Hall–Kier alpha value is -4.38. The van der Waals surface area contributed by atoms with Crippen LogP contribution in [0.4, 0.5) is 4.39 Å². The lowest BCUT2D eigenvalue weighted by Crippen LogP contribution is -2.38. The number of amides is 1. The average molecular weight is 499 g/mol. The number of carbonyl (C=O) groups excluding carboxylic acids is 1. The first-order chi connectivity index (χ1) is 18.0. The molecule has 0 aliphatic carbocycles. The molecule has 0 N–H and O–H groups in total. The summed E-state index contributed by atoms with van der Waals surface area (Å²) >= 11 is 0. The van der Waals surface area contributed by atoms with Crippen LogP contribution in [0.15, 0.2) is 54.9 Å². The van der Waals surface area contributed by atoms with Crippen LogP contribution in [-0.4, -0.2) is 38.8 Å². The Morgan fingerprint density at radius 1 is 1.11 bits per heavy atom. The third kappa shape index (κ3) is 4.60. The zero-order chi connectivity index (χ0) is 25.9. The minimum atomic E-state index is -0.556. The minimum Gasteiger partial charge on any atom is -0.494 e. The van der Waals surface area contributed by atoms with E-state index in [2.05, 4.69) is 21.2 Å². The van der Waals surface area contributed by atoms with E-state index in [1.807, 2.05) is 24.0 Å². The van der Waals surface area contributed by atoms with Crippen LogP contribution >= 0.6 is 0 Å². The topological polar surface area (TPSA) is 69.0 Å². The molecule has 188 valence electrons. The fourth-order valence-electron chi connectivity index (χ4n) is 4.81. The van der Waals surface area contributed by atoms with Gasteiger partial charge in [0.15, 0.2) is 11.5 Å². The molecule has 0 saturated carbocycles. The first kappa shape index (κ1) is 24.3. The second kappa shape index (κ2) is 10.3. The molecule has 1 atom stereocenters. The number of aromatic nitrogens is 3. The van der Waals surface area contributed by atoms with Gasteiger partial charge in [-0.3, -0.25) is 14.2 Å². The smallest absolute Gasteiger partial charge is 0.299 e. The van der Waals surface area contributed by atoms with Crippen molar-refractivity contribution in [2.45, 2.75) is 39.2 Å². The molecule has 37 heavy (non-hydrogen) atoms. The van der Waals surface area contributed by atoms with Crippen molar-refractivity contribution in [2.24, 2.45) is 0 Å². The summed E-state index contributed by atoms with van der Waals surface area (Å²) in [6, 6.07) is 11.9. The number of halogens is 1. The van der Waals surface area contributed by atoms with E-state index in [-0.39, 0.29) is 23.4 Å². The molecule has 2 aromatic heterocycles. The Morgan fingerprint density at radius 3 is 2.65 bits per heavy atom. The van der Waals surface area contributed by atoms with Gasteiger partial charge in [-0.05, 0) is 75.4 Å². The van der Waals surface area contributed by atoms with E-state index in [0.717, 1.165) is 47.6 Å². The lowest BCUT2D eigenvalue weighted by Gasteiger charge is -2.33. The number of piperidine rings is 1. The van der Waals surface area contributed by atoms with Gasteiger partial charge in [-0.15, -0.1) is 0 Å². The molecular weight excluding hydrogens is 471 g/mol. The molecule has 0 radical (unpaired) electrons. The Bertz CT molecular complexity index is 1520. The monoisotopic (exact) mass is 498 g/mol. The molecule has 1 aliphatic heterocycles. The summed E-state index contributed by atoms with van der Waals surface area (Å²) < 4.78 is 27.4. The maximum absolute atomic E-state index is 14.5. The molecule has 1 amide bonds. The van der Waals surface area contributed by atoms with E-state index >= 15 is 0 Å². The number of imidazole rings is 1. The summed E-state index contributed by atoms with van der Waals surface area (Å²) in [7, 11) is 1.41. The van der Waals surface area contributed by atoms with E-state index in [0.29, 0.717) is 12.3 Å². The number of methoxy groups -OCH3 is 1. The van der Waals surface area contributed by atoms with Crippen molar-refractivity contribution < 1.29 is 18.7 Å². The highest BCUT2D eigenvalue weighted by atomic mass is 19.1. The standard InChI is InChI=1S/C29H27FN4O3/c1-4-8-26(35)33-16-6-5-9-22(33)29-32-28(23-18-31-17-19(2)34(23)29)20-12-14-21(15-13-20)37-25-11-7-10-24(36-3)27(25)30/h7,10-15,17-18,22H,5-6,9,16H2,1-3H3. The first-order valence-corrected chi connectivity index (χ1v) is 12.2. The van der Waals surface area contributed by atoms with Crippen LogP contribution in [0.5, 0.6) is 17.2 Å². The quantitative estimate of drug-likeness (QED) is 0.329. The van der Waals surface area contributed by atoms with Crippen LogP contribution in [0.3, 0.4) is 0 Å². The summed E-state index contributed by atoms with van der Waals surface area (Å²) in [6.07, 6.45) is 6.35. The summed E-state index contributed by atoms with van der Waals surface area (Å²) in [5, 5.41) is 0. The largest absolute Gasteiger partial charge is 0.494 e. The normalized spacial score (nSPS) is 15.2. The molecule has 1 saturated heterocycles. The van der Waals surface area contributed by atoms with Crippen molar-refractivity contribution in [3.63, 3.8) is 0 Å². The van der Waals surface area contributed by atoms with Crippen molar-refractivity contribution in [1.82, 2.24) is 19.3 Å². The summed E-state index contributed by atoms with van der Waals surface area (Å²) in [5.41, 5.74) is 3.39. The number of rotatable bonds is 5. The van der Waals surface area contributed by atoms with Gasteiger partial charge in [0.1, 0.15) is 11.6 Å². The molecule has 0 spiro atoms. The van der Waals surface area contributed by atoms with E-state index in [1.165, 1.54) is 7.11 Å². The number of ether oxygens (including phenoxy) is 2. The van der Waals surface area contributed by atoms with Crippen LogP contribution in [0.25, 0.3) is 16.8 Å². The van der Waals surface area contributed by atoms with E-state index in [4.69, 9.17) is 14.5 Å². The maximum atomic E-state index is 14.5. The van der Waals surface area contributed by atoms with Crippen LogP contribution in [0, 0.1) is 24.6 Å². The van der Waals surface area contributed by atoms with Gasteiger partial charge in [-0.2, -0.15) is 4.39 Å². The predicted octanol–water partition coefficient (Wildman–Crippen LogP) is 5.72. The van der Waals surface area contributed by atoms with Gasteiger partial charge in [0, 0.05) is 24.0 Å². The minimum absolute atomic E-state index is 0.0823.